The number of methoxy groups -OCH3 is 1. The van der Waals surface area contributed by atoms with Crippen LogP contribution < -0.4 is 4.74 Å². The Kier molecular flexibility index (Phi) is 4.61. The quantitative estimate of drug-likeness (QED) is 0.882. The molecule has 0 aromatic heterocycles. The third-order valence-corrected chi connectivity index (χ3v) is 4.01. The molecule has 0 spiro atoms. The zero-order chi connectivity index (χ0) is 14.8. The largest absolute Gasteiger partial charge is 0.496 e. The van der Waals surface area contributed by atoms with Crippen molar-refractivity contribution >= 4 is 5.97 Å². The van der Waals surface area contributed by atoms with E-state index in [1.807, 2.05) is 13.0 Å². The van der Waals surface area contributed by atoms with Gasteiger partial charge in [-0.15, -0.1) is 0 Å². The molecule has 0 unspecified atom stereocenters. The van der Waals surface area contributed by atoms with E-state index < -0.39 is 11.4 Å². The van der Waals surface area contributed by atoms with E-state index in [0.29, 0.717) is 6.42 Å². The Morgan fingerprint density at radius 1 is 1.26 bits per heavy atom. The van der Waals surface area contributed by atoms with Crippen molar-refractivity contribution in [3.8, 4) is 5.75 Å². The van der Waals surface area contributed by atoms with Gasteiger partial charge in [0, 0.05) is 0 Å². The molecule has 106 valence electrons. The van der Waals surface area contributed by atoms with E-state index in [1.165, 1.54) is 16.7 Å². The zero-order valence-electron chi connectivity index (χ0n) is 12.8. The first-order chi connectivity index (χ1) is 8.70. The molecule has 1 aromatic rings. The third kappa shape index (κ3) is 3.28. The van der Waals surface area contributed by atoms with Crippen molar-refractivity contribution in [3.05, 3.63) is 28.3 Å². The summed E-state index contributed by atoms with van der Waals surface area (Å²) in [6.45, 7) is 9.72. The van der Waals surface area contributed by atoms with Crippen molar-refractivity contribution < 1.29 is 14.6 Å². The lowest BCUT2D eigenvalue weighted by atomic mass is 9.84. The average Bonchev–Trinajstić information content (AvgIpc) is 2.33. The van der Waals surface area contributed by atoms with E-state index in [4.69, 9.17) is 4.74 Å². The molecule has 0 fully saturated rings. The van der Waals surface area contributed by atoms with Crippen LogP contribution in [0, 0.1) is 26.2 Å². The van der Waals surface area contributed by atoms with Crippen molar-refractivity contribution in [1.29, 1.82) is 0 Å². The predicted molar refractivity (Wildman–Crippen MR) is 76.9 cm³/mol. The molecule has 0 atom stereocenters. The van der Waals surface area contributed by atoms with E-state index in [2.05, 4.69) is 13.8 Å². The minimum absolute atomic E-state index is 0.635. The number of benzene rings is 1. The molecule has 1 aromatic carbocycles. The number of carboxylic acids is 1. The smallest absolute Gasteiger partial charge is 0.309 e. The highest BCUT2D eigenvalue weighted by atomic mass is 16.5. The zero-order valence-corrected chi connectivity index (χ0v) is 12.8. The Hall–Kier alpha value is -1.51. The van der Waals surface area contributed by atoms with Gasteiger partial charge in [-0.2, -0.15) is 0 Å². The summed E-state index contributed by atoms with van der Waals surface area (Å²) >= 11 is 0. The molecular formula is C16H24O3. The molecule has 0 aliphatic rings. The van der Waals surface area contributed by atoms with Gasteiger partial charge < -0.3 is 9.84 Å². The second-order valence-electron chi connectivity index (χ2n) is 5.81. The summed E-state index contributed by atoms with van der Waals surface area (Å²) in [5.41, 5.74) is 4.07. The Labute approximate surface area is 115 Å². The normalized spacial score (nSPS) is 11.5. The molecule has 0 amide bonds. The lowest BCUT2D eigenvalue weighted by Crippen LogP contribution is -2.24. The highest BCUT2D eigenvalue weighted by Crippen LogP contribution is 2.31. The fourth-order valence-electron chi connectivity index (χ4n) is 2.24. The SMILES string of the molecule is COc1cc(C)c(CCC(C)(C)C(=O)O)c(C)c1C. The summed E-state index contributed by atoms with van der Waals surface area (Å²) in [7, 11) is 1.68. The maximum atomic E-state index is 11.2. The average molecular weight is 264 g/mol. The number of carboxylic acid groups (broad SMARTS) is 1. The van der Waals surface area contributed by atoms with Gasteiger partial charge in [0.1, 0.15) is 5.75 Å². The number of aryl methyl sites for hydroxylation is 1. The number of aliphatic carboxylic acids is 1. The van der Waals surface area contributed by atoms with E-state index in [9.17, 15) is 9.90 Å². The van der Waals surface area contributed by atoms with Crippen LogP contribution in [0.2, 0.25) is 0 Å². The molecule has 0 aliphatic carbocycles. The predicted octanol–water partition coefficient (Wildman–Crippen LogP) is 3.66. The molecule has 3 nitrogen and oxygen atoms in total. The first-order valence-electron chi connectivity index (χ1n) is 6.57. The van der Waals surface area contributed by atoms with Crippen LogP contribution in [0.25, 0.3) is 0 Å². The maximum Gasteiger partial charge on any atom is 0.309 e. The molecule has 1 N–H and O–H groups in total. The molecule has 0 radical (unpaired) electrons. The first-order valence-corrected chi connectivity index (χ1v) is 6.57. The van der Waals surface area contributed by atoms with E-state index in [-0.39, 0.29) is 0 Å². The van der Waals surface area contributed by atoms with Crippen LogP contribution in [0.1, 0.15) is 42.5 Å². The monoisotopic (exact) mass is 264 g/mol. The van der Waals surface area contributed by atoms with Gasteiger partial charge in [0.25, 0.3) is 0 Å². The summed E-state index contributed by atoms with van der Waals surface area (Å²) in [5.74, 6) is 0.157. The van der Waals surface area contributed by atoms with Gasteiger partial charge >= 0.3 is 5.97 Å². The summed E-state index contributed by atoms with van der Waals surface area (Å²) in [6.07, 6.45) is 1.41. The standard InChI is InChI=1S/C16H24O3/c1-10-9-14(19-6)12(3)11(2)13(10)7-8-16(4,5)15(17)18/h9H,7-8H2,1-6H3,(H,17,18). The fourth-order valence-corrected chi connectivity index (χ4v) is 2.24. The number of hydrogen-bond donors (Lipinski definition) is 1. The van der Waals surface area contributed by atoms with Gasteiger partial charge in [-0.3, -0.25) is 4.79 Å². The molecule has 0 saturated carbocycles. The van der Waals surface area contributed by atoms with Gasteiger partial charge in [-0.05, 0) is 75.8 Å². The summed E-state index contributed by atoms with van der Waals surface area (Å²) < 4.78 is 5.35. The Balaban J connectivity index is 3.03. The molecule has 0 bridgehead atoms. The summed E-state index contributed by atoms with van der Waals surface area (Å²) in [6, 6.07) is 2.03. The van der Waals surface area contributed by atoms with Crippen molar-refractivity contribution in [2.75, 3.05) is 7.11 Å². The summed E-state index contributed by atoms with van der Waals surface area (Å²) in [5, 5.41) is 9.17. The lowest BCUT2D eigenvalue weighted by Gasteiger charge is -2.21. The minimum atomic E-state index is -0.743. The number of rotatable bonds is 5. The number of ether oxygens (including phenoxy) is 1. The fraction of sp³-hybridized carbons (Fsp3) is 0.562. The van der Waals surface area contributed by atoms with E-state index in [1.54, 1.807) is 21.0 Å². The second kappa shape index (κ2) is 5.64. The molecule has 3 heteroatoms. The van der Waals surface area contributed by atoms with Crippen LogP contribution in [-0.4, -0.2) is 18.2 Å². The molecule has 0 aliphatic heterocycles. The molecule has 0 heterocycles. The van der Waals surface area contributed by atoms with Crippen LogP contribution in [0.5, 0.6) is 5.75 Å². The first kappa shape index (κ1) is 15.5. The van der Waals surface area contributed by atoms with Gasteiger partial charge in [0.05, 0.1) is 12.5 Å². The van der Waals surface area contributed by atoms with Crippen LogP contribution in [0.3, 0.4) is 0 Å². The van der Waals surface area contributed by atoms with Crippen LogP contribution in [0.4, 0.5) is 0 Å². The van der Waals surface area contributed by atoms with Gasteiger partial charge in [-0.25, -0.2) is 0 Å². The number of carbonyl (C=O) groups is 1. The van der Waals surface area contributed by atoms with Crippen molar-refractivity contribution in [3.63, 3.8) is 0 Å². The Morgan fingerprint density at radius 2 is 1.84 bits per heavy atom. The highest BCUT2D eigenvalue weighted by molar-refractivity contribution is 5.73. The molecule has 19 heavy (non-hydrogen) atoms. The Morgan fingerprint density at radius 3 is 2.32 bits per heavy atom. The van der Waals surface area contributed by atoms with Crippen molar-refractivity contribution in [1.82, 2.24) is 0 Å². The maximum absolute atomic E-state index is 11.2. The van der Waals surface area contributed by atoms with E-state index in [0.717, 1.165) is 17.7 Å². The molecular weight excluding hydrogens is 240 g/mol. The van der Waals surface area contributed by atoms with Gasteiger partial charge in [-0.1, -0.05) is 0 Å². The van der Waals surface area contributed by atoms with Crippen molar-refractivity contribution in [2.45, 2.75) is 47.5 Å². The van der Waals surface area contributed by atoms with E-state index >= 15 is 0 Å². The molecule has 1 rings (SSSR count). The Bertz CT molecular complexity index is 487. The highest BCUT2D eigenvalue weighted by Gasteiger charge is 2.27. The number of hydrogen-bond acceptors (Lipinski definition) is 2. The third-order valence-electron chi connectivity index (χ3n) is 4.01. The minimum Gasteiger partial charge on any atom is -0.496 e. The van der Waals surface area contributed by atoms with Crippen LogP contribution >= 0.6 is 0 Å². The van der Waals surface area contributed by atoms with Crippen molar-refractivity contribution in [2.24, 2.45) is 5.41 Å². The van der Waals surface area contributed by atoms with Gasteiger partial charge in [0.15, 0.2) is 0 Å². The second-order valence-corrected chi connectivity index (χ2v) is 5.81. The topological polar surface area (TPSA) is 46.5 Å². The lowest BCUT2D eigenvalue weighted by molar-refractivity contribution is -0.147. The summed E-state index contributed by atoms with van der Waals surface area (Å²) in [4.78, 5) is 11.2. The molecule has 0 saturated heterocycles. The van der Waals surface area contributed by atoms with Gasteiger partial charge in [0.2, 0.25) is 0 Å². The van der Waals surface area contributed by atoms with Crippen LogP contribution in [-0.2, 0) is 11.2 Å². The van der Waals surface area contributed by atoms with Crippen LogP contribution in [0.15, 0.2) is 6.07 Å².